The second-order valence-electron chi connectivity index (χ2n) is 5.07. The fourth-order valence-corrected chi connectivity index (χ4v) is 2.87. The summed E-state index contributed by atoms with van der Waals surface area (Å²) in [6.07, 6.45) is -2.44. The van der Waals surface area contributed by atoms with Crippen LogP contribution in [0.25, 0.3) is 10.9 Å². The summed E-state index contributed by atoms with van der Waals surface area (Å²) in [6, 6.07) is 4.82. The van der Waals surface area contributed by atoms with Gasteiger partial charge in [0.05, 0.1) is 16.7 Å². The molecule has 1 heterocycles. The van der Waals surface area contributed by atoms with Crippen molar-refractivity contribution in [2.75, 3.05) is 5.75 Å². The monoisotopic (exact) mass is 332 g/mol. The number of alkyl halides is 2. The van der Waals surface area contributed by atoms with Crippen molar-refractivity contribution in [2.45, 2.75) is 32.0 Å². The van der Waals surface area contributed by atoms with E-state index < -0.39 is 6.43 Å². The van der Waals surface area contributed by atoms with E-state index in [4.69, 9.17) is 11.6 Å². The third kappa shape index (κ3) is 3.95. The van der Waals surface area contributed by atoms with Gasteiger partial charge < -0.3 is 0 Å². The number of nitrogens with zero attached hydrogens (tertiary/aromatic N) is 2. The first-order valence-electron chi connectivity index (χ1n) is 6.49. The fourth-order valence-electron chi connectivity index (χ4n) is 1.95. The smallest absolute Gasteiger partial charge is 0.262 e. The van der Waals surface area contributed by atoms with Crippen molar-refractivity contribution in [3.8, 4) is 0 Å². The van der Waals surface area contributed by atoms with Crippen molar-refractivity contribution in [1.29, 1.82) is 0 Å². The van der Waals surface area contributed by atoms with Crippen LogP contribution in [0.2, 0.25) is 5.02 Å². The van der Waals surface area contributed by atoms with Gasteiger partial charge in [0, 0.05) is 11.6 Å². The number of thioether (sulfide) groups is 1. The van der Waals surface area contributed by atoms with Crippen molar-refractivity contribution in [3.63, 3.8) is 0 Å². The SMILES string of the molecule is CC(C)Cn1c(SCC(F)F)nc2ccc(Cl)cc2c1=O. The summed E-state index contributed by atoms with van der Waals surface area (Å²) in [5.41, 5.74) is 0.231. The molecule has 1 aromatic carbocycles. The summed E-state index contributed by atoms with van der Waals surface area (Å²) in [5.74, 6) is -0.184. The Morgan fingerprint density at radius 2 is 2.10 bits per heavy atom. The zero-order valence-electron chi connectivity index (χ0n) is 11.6. The Morgan fingerprint density at radius 1 is 1.38 bits per heavy atom. The maximum Gasteiger partial charge on any atom is 0.262 e. The topological polar surface area (TPSA) is 34.9 Å². The minimum atomic E-state index is -2.44. The Labute approximate surface area is 130 Å². The van der Waals surface area contributed by atoms with E-state index in [1.54, 1.807) is 18.2 Å². The summed E-state index contributed by atoms with van der Waals surface area (Å²) in [6.45, 7) is 4.34. The number of aromatic nitrogens is 2. The van der Waals surface area contributed by atoms with Gasteiger partial charge in [-0.2, -0.15) is 0 Å². The molecule has 0 saturated carbocycles. The Hall–Kier alpha value is -1.14. The van der Waals surface area contributed by atoms with Gasteiger partial charge in [0.1, 0.15) is 0 Å². The summed E-state index contributed by atoms with van der Waals surface area (Å²) >= 11 is 6.81. The molecule has 0 unspecified atom stereocenters. The third-order valence-electron chi connectivity index (χ3n) is 2.77. The van der Waals surface area contributed by atoms with Crippen LogP contribution in [0.3, 0.4) is 0 Å². The molecule has 0 amide bonds. The number of fused-ring (bicyclic) bond motifs is 1. The van der Waals surface area contributed by atoms with Crippen LogP contribution in [0.1, 0.15) is 13.8 Å². The number of hydrogen-bond acceptors (Lipinski definition) is 3. The molecule has 0 N–H and O–H groups in total. The molecule has 0 spiro atoms. The number of halogens is 3. The van der Waals surface area contributed by atoms with Crippen LogP contribution in [0.4, 0.5) is 8.78 Å². The number of benzene rings is 1. The van der Waals surface area contributed by atoms with E-state index in [9.17, 15) is 13.6 Å². The van der Waals surface area contributed by atoms with Crippen LogP contribution in [-0.4, -0.2) is 21.7 Å². The van der Waals surface area contributed by atoms with Gasteiger partial charge in [-0.3, -0.25) is 9.36 Å². The van der Waals surface area contributed by atoms with E-state index >= 15 is 0 Å². The molecule has 2 aromatic rings. The summed E-state index contributed by atoms with van der Waals surface area (Å²) in [7, 11) is 0. The molecule has 2 rings (SSSR count). The minimum absolute atomic E-state index is 0.201. The molecule has 0 saturated heterocycles. The van der Waals surface area contributed by atoms with E-state index in [0.717, 1.165) is 11.8 Å². The largest absolute Gasteiger partial charge is 0.287 e. The second kappa shape index (κ2) is 6.75. The molecule has 114 valence electrons. The molecule has 3 nitrogen and oxygen atoms in total. The predicted octanol–water partition coefficient (Wildman–Crippen LogP) is 4.06. The lowest BCUT2D eigenvalue weighted by molar-refractivity contribution is 0.176. The van der Waals surface area contributed by atoms with Crippen LogP contribution in [0.5, 0.6) is 0 Å². The average molecular weight is 333 g/mol. The highest BCUT2D eigenvalue weighted by Gasteiger charge is 2.15. The Balaban J connectivity index is 2.58. The van der Waals surface area contributed by atoms with Crippen LogP contribution >= 0.6 is 23.4 Å². The lowest BCUT2D eigenvalue weighted by atomic mass is 10.2. The van der Waals surface area contributed by atoms with Crippen molar-refractivity contribution in [3.05, 3.63) is 33.6 Å². The first-order chi connectivity index (χ1) is 9.88. The molecule has 0 radical (unpaired) electrons. The standard InChI is InChI=1S/C14H15ClF2N2OS/c1-8(2)6-19-13(20)10-5-9(15)3-4-11(10)18-14(19)21-7-12(16)17/h3-5,8,12H,6-7H2,1-2H3. The normalized spacial score (nSPS) is 11.8. The summed E-state index contributed by atoms with van der Waals surface area (Å²) in [5, 5.41) is 1.18. The molecule has 0 aliphatic rings. The molecular weight excluding hydrogens is 318 g/mol. The molecule has 1 aromatic heterocycles. The predicted molar refractivity (Wildman–Crippen MR) is 82.6 cm³/mol. The van der Waals surface area contributed by atoms with Gasteiger partial charge in [-0.05, 0) is 24.1 Å². The zero-order chi connectivity index (χ0) is 15.6. The lowest BCUT2D eigenvalue weighted by Gasteiger charge is -2.14. The van der Waals surface area contributed by atoms with E-state index in [2.05, 4.69) is 4.98 Å². The van der Waals surface area contributed by atoms with Crippen LogP contribution < -0.4 is 5.56 Å². The van der Waals surface area contributed by atoms with Gasteiger partial charge in [0.15, 0.2) is 5.16 Å². The van der Waals surface area contributed by atoms with Crippen molar-refractivity contribution in [2.24, 2.45) is 5.92 Å². The molecular formula is C14H15ClF2N2OS. The average Bonchev–Trinajstić information content (AvgIpc) is 2.40. The zero-order valence-corrected chi connectivity index (χ0v) is 13.2. The molecule has 0 aliphatic heterocycles. The van der Waals surface area contributed by atoms with E-state index in [1.807, 2.05) is 13.8 Å². The molecule has 21 heavy (non-hydrogen) atoms. The summed E-state index contributed by atoms with van der Waals surface area (Å²) in [4.78, 5) is 16.9. The highest BCUT2D eigenvalue weighted by Crippen LogP contribution is 2.22. The van der Waals surface area contributed by atoms with E-state index in [0.29, 0.717) is 27.6 Å². The number of rotatable bonds is 5. The fraction of sp³-hybridized carbons (Fsp3) is 0.429. The van der Waals surface area contributed by atoms with Crippen LogP contribution in [0, 0.1) is 5.92 Å². The van der Waals surface area contributed by atoms with E-state index in [1.165, 1.54) is 4.57 Å². The third-order valence-corrected chi connectivity index (χ3v) is 3.99. The van der Waals surface area contributed by atoms with Crippen LogP contribution in [-0.2, 0) is 6.54 Å². The maximum atomic E-state index is 12.5. The van der Waals surface area contributed by atoms with Gasteiger partial charge in [-0.25, -0.2) is 13.8 Å². The Bertz CT molecular complexity index is 703. The molecule has 0 bridgehead atoms. The minimum Gasteiger partial charge on any atom is -0.287 e. The van der Waals surface area contributed by atoms with Crippen LogP contribution in [0.15, 0.2) is 28.2 Å². The van der Waals surface area contributed by atoms with Gasteiger partial charge in [0.25, 0.3) is 5.56 Å². The highest BCUT2D eigenvalue weighted by molar-refractivity contribution is 7.99. The maximum absolute atomic E-state index is 12.5. The Morgan fingerprint density at radius 3 is 2.71 bits per heavy atom. The van der Waals surface area contributed by atoms with Crippen molar-refractivity contribution >= 4 is 34.3 Å². The molecule has 0 atom stereocenters. The van der Waals surface area contributed by atoms with Gasteiger partial charge in [0.2, 0.25) is 6.43 Å². The lowest BCUT2D eigenvalue weighted by Crippen LogP contribution is -2.25. The van der Waals surface area contributed by atoms with E-state index in [-0.39, 0.29) is 17.2 Å². The first-order valence-corrected chi connectivity index (χ1v) is 7.86. The molecule has 0 fully saturated rings. The molecule has 0 aliphatic carbocycles. The van der Waals surface area contributed by atoms with Gasteiger partial charge in [-0.15, -0.1) is 0 Å². The quantitative estimate of drug-likeness (QED) is 0.611. The molecule has 7 heteroatoms. The van der Waals surface area contributed by atoms with Gasteiger partial charge in [-0.1, -0.05) is 37.2 Å². The first kappa shape index (κ1) is 16.2. The highest BCUT2D eigenvalue weighted by atomic mass is 35.5. The summed E-state index contributed by atoms with van der Waals surface area (Å²) < 4.78 is 26.3. The Kier molecular flexibility index (Phi) is 5.22. The second-order valence-corrected chi connectivity index (χ2v) is 6.49. The van der Waals surface area contributed by atoms with Crippen molar-refractivity contribution < 1.29 is 8.78 Å². The van der Waals surface area contributed by atoms with Crippen molar-refractivity contribution in [1.82, 2.24) is 9.55 Å². The number of hydrogen-bond donors (Lipinski definition) is 0. The van der Waals surface area contributed by atoms with Gasteiger partial charge >= 0.3 is 0 Å².